The van der Waals surface area contributed by atoms with Crippen molar-refractivity contribution in [3.8, 4) is 5.75 Å². The number of aryl methyl sites for hydroxylation is 1. The summed E-state index contributed by atoms with van der Waals surface area (Å²) in [5, 5.41) is 12.6. The summed E-state index contributed by atoms with van der Waals surface area (Å²) in [7, 11) is 0. The van der Waals surface area contributed by atoms with E-state index < -0.39 is 5.60 Å². The molecule has 0 radical (unpaired) electrons. The zero-order chi connectivity index (χ0) is 28.2. The molecule has 1 N–H and O–H groups in total. The summed E-state index contributed by atoms with van der Waals surface area (Å²) in [5.41, 5.74) is 6.97. The minimum absolute atomic E-state index is 0.313. The van der Waals surface area contributed by atoms with Crippen molar-refractivity contribution < 1.29 is 9.84 Å². The molecule has 2 unspecified atom stereocenters. The maximum atomic E-state index is 12.6. The molecule has 3 aromatic carbocycles. The first-order chi connectivity index (χ1) is 18.6. The number of hydrogen-bond acceptors (Lipinski definition) is 3. The van der Waals surface area contributed by atoms with Crippen LogP contribution < -0.4 is 4.74 Å². The Labute approximate surface area is 234 Å². The number of rotatable bonds is 6. The van der Waals surface area contributed by atoms with Crippen LogP contribution in [0.5, 0.6) is 5.75 Å². The van der Waals surface area contributed by atoms with Crippen LogP contribution in [0.15, 0.2) is 90.1 Å². The number of nitrogens with zero attached hydrogens (tertiary/aromatic N) is 1. The predicted molar refractivity (Wildman–Crippen MR) is 165 cm³/mol. The van der Waals surface area contributed by atoms with E-state index in [0.29, 0.717) is 18.4 Å². The van der Waals surface area contributed by atoms with Gasteiger partial charge in [-0.25, -0.2) is 0 Å². The van der Waals surface area contributed by atoms with Crippen LogP contribution in [0.4, 0.5) is 0 Å². The minimum Gasteiger partial charge on any atom is -0.489 e. The SMILES string of the molecule is C=C1c2cccc(c2)OCc2cc(ccc2C)C(O)(/C(C)=C/N=CC(C)C)c2ccc(/C=C\C(C)CC)c1c2. The lowest BCUT2D eigenvalue weighted by Crippen LogP contribution is -2.29. The Balaban J connectivity index is 2.02. The lowest BCUT2D eigenvalue weighted by Gasteiger charge is -2.32. The van der Waals surface area contributed by atoms with Gasteiger partial charge in [0, 0.05) is 12.4 Å². The summed E-state index contributed by atoms with van der Waals surface area (Å²) in [6, 6.07) is 20.4. The second-order valence-electron chi connectivity index (χ2n) is 11.0. The second kappa shape index (κ2) is 12.0. The quantitative estimate of drug-likeness (QED) is 0.330. The lowest BCUT2D eigenvalue weighted by atomic mass is 9.78. The van der Waals surface area contributed by atoms with Crippen molar-refractivity contribution in [3.05, 3.63) is 124 Å². The number of aliphatic imine (C=N–C) groups is 1. The molecule has 0 saturated carbocycles. The van der Waals surface area contributed by atoms with E-state index in [0.717, 1.165) is 62.3 Å². The van der Waals surface area contributed by atoms with Gasteiger partial charge in [0.25, 0.3) is 0 Å². The van der Waals surface area contributed by atoms with Crippen molar-refractivity contribution in [1.29, 1.82) is 0 Å². The predicted octanol–water partition coefficient (Wildman–Crippen LogP) is 8.87. The topological polar surface area (TPSA) is 41.8 Å². The fraction of sp³-hybridized carbons (Fsp3) is 0.306. The van der Waals surface area contributed by atoms with Crippen molar-refractivity contribution in [2.45, 2.75) is 60.2 Å². The fourth-order valence-electron chi connectivity index (χ4n) is 4.78. The van der Waals surface area contributed by atoms with Crippen LogP contribution in [-0.2, 0) is 12.2 Å². The molecule has 4 rings (SSSR count). The lowest BCUT2D eigenvalue weighted by molar-refractivity contribution is 0.120. The molecule has 1 aliphatic heterocycles. The largest absolute Gasteiger partial charge is 0.489 e. The highest BCUT2D eigenvalue weighted by molar-refractivity contribution is 5.84. The number of hydrogen-bond donors (Lipinski definition) is 1. The van der Waals surface area contributed by atoms with Crippen LogP contribution in [0.1, 0.15) is 80.0 Å². The molecule has 39 heavy (non-hydrogen) atoms. The van der Waals surface area contributed by atoms with Crippen molar-refractivity contribution in [2.24, 2.45) is 16.8 Å². The van der Waals surface area contributed by atoms with Gasteiger partial charge in [-0.3, -0.25) is 4.99 Å². The van der Waals surface area contributed by atoms with Crippen LogP contribution in [0.3, 0.4) is 0 Å². The Kier molecular flexibility index (Phi) is 8.72. The maximum Gasteiger partial charge on any atom is 0.138 e. The fourth-order valence-corrected chi connectivity index (χ4v) is 4.78. The van der Waals surface area contributed by atoms with Crippen LogP contribution >= 0.6 is 0 Å². The number of aliphatic hydroxyl groups is 1. The zero-order valence-electron chi connectivity index (χ0n) is 24.2. The summed E-state index contributed by atoms with van der Waals surface area (Å²) in [6.07, 6.45) is 9.16. The van der Waals surface area contributed by atoms with Gasteiger partial charge in [-0.15, -0.1) is 0 Å². The van der Waals surface area contributed by atoms with Gasteiger partial charge >= 0.3 is 0 Å². The summed E-state index contributed by atoms with van der Waals surface area (Å²) in [6.45, 7) is 17.5. The minimum atomic E-state index is -1.39. The van der Waals surface area contributed by atoms with E-state index in [9.17, 15) is 5.11 Å². The molecule has 202 valence electrons. The van der Waals surface area contributed by atoms with E-state index in [4.69, 9.17) is 4.74 Å². The Bertz CT molecular complexity index is 1440. The summed E-state index contributed by atoms with van der Waals surface area (Å²) >= 11 is 0. The molecule has 0 amide bonds. The number of ether oxygens (including phenoxy) is 1. The van der Waals surface area contributed by atoms with E-state index in [1.54, 1.807) is 6.20 Å². The highest BCUT2D eigenvalue weighted by Crippen LogP contribution is 2.40. The second-order valence-corrected chi connectivity index (χ2v) is 11.0. The third-order valence-electron chi connectivity index (χ3n) is 7.61. The Morgan fingerprint density at radius 2 is 1.82 bits per heavy atom. The van der Waals surface area contributed by atoms with Gasteiger partial charge in [0.1, 0.15) is 18.0 Å². The Hall–Kier alpha value is -3.69. The van der Waals surface area contributed by atoms with E-state index in [2.05, 4.69) is 88.7 Å². The first-order valence-electron chi connectivity index (χ1n) is 13.9. The van der Waals surface area contributed by atoms with Gasteiger partial charge in [0.05, 0.1) is 0 Å². The summed E-state index contributed by atoms with van der Waals surface area (Å²) in [4.78, 5) is 4.54. The molecule has 1 aliphatic rings. The van der Waals surface area contributed by atoms with E-state index in [1.807, 2.05) is 43.5 Å². The summed E-state index contributed by atoms with van der Waals surface area (Å²) < 4.78 is 6.26. The van der Waals surface area contributed by atoms with Gasteiger partial charge in [-0.2, -0.15) is 0 Å². The molecule has 6 bridgehead atoms. The highest BCUT2D eigenvalue weighted by atomic mass is 16.5. The summed E-state index contributed by atoms with van der Waals surface area (Å²) in [5.74, 6) is 1.57. The zero-order valence-corrected chi connectivity index (χ0v) is 24.2. The normalized spacial score (nSPS) is 18.6. The molecule has 0 fully saturated rings. The third kappa shape index (κ3) is 6.15. The molecule has 3 aromatic rings. The van der Waals surface area contributed by atoms with Gasteiger partial charge in [0.15, 0.2) is 0 Å². The van der Waals surface area contributed by atoms with Crippen molar-refractivity contribution in [2.75, 3.05) is 0 Å². The molecular weight excluding hydrogens is 478 g/mol. The molecule has 0 aromatic heterocycles. The standard InChI is InChI=1S/C36H41NO2/c1-8-25(4)12-14-29-15-17-33-20-35(29)28(7)30-10-9-11-34(19-30)39-23-31-18-32(16-13-26(31)5)36(33,38)27(6)22-37-21-24(2)3/h9-22,24-25,38H,7-8,23H2,1-6H3/b14-12-,27-22+,37-21?. The highest BCUT2D eigenvalue weighted by Gasteiger charge is 2.35. The van der Waals surface area contributed by atoms with E-state index in [-0.39, 0.29) is 0 Å². The number of fused-ring (bicyclic) bond motifs is 6. The first-order valence-corrected chi connectivity index (χ1v) is 13.9. The van der Waals surface area contributed by atoms with E-state index in [1.165, 1.54) is 0 Å². The molecule has 2 atom stereocenters. The van der Waals surface area contributed by atoms with Crippen LogP contribution in [-0.4, -0.2) is 11.3 Å². The molecule has 0 aliphatic carbocycles. The molecular formula is C36H41NO2. The van der Waals surface area contributed by atoms with Gasteiger partial charge < -0.3 is 9.84 Å². The number of allylic oxidation sites excluding steroid dienone is 1. The van der Waals surface area contributed by atoms with Crippen molar-refractivity contribution in [1.82, 2.24) is 0 Å². The van der Waals surface area contributed by atoms with Gasteiger partial charge in [0.2, 0.25) is 0 Å². The van der Waals surface area contributed by atoms with Crippen molar-refractivity contribution in [3.63, 3.8) is 0 Å². The third-order valence-corrected chi connectivity index (χ3v) is 7.61. The molecule has 3 heteroatoms. The smallest absolute Gasteiger partial charge is 0.138 e. The average molecular weight is 520 g/mol. The van der Waals surface area contributed by atoms with E-state index >= 15 is 0 Å². The van der Waals surface area contributed by atoms with Crippen LogP contribution in [0.2, 0.25) is 0 Å². The molecule has 0 spiro atoms. The van der Waals surface area contributed by atoms with Crippen LogP contribution in [0.25, 0.3) is 11.6 Å². The maximum absolute atomic E-state index is 12.6. The molecule has 0 saturated heterocycles. The first kappa shape index (κ1) is 28.3. The van der Waals surface area contributed by atoms with Crippen LogP contribution in [0, 0.1) is 18.8 Å². The molecule has 3 nitrogen and oxygen atoms in total. The number of benzene rings is 3. The van der Waals surface area contributed by atoms with Gasteiger partial charge in [-0.1, -0.05) is 89.2 Å². The Morgan fingerprint density at radius 3 is 2.56 bits per heavy atom. The van der Waals surface area contributed by atoms with Crippen molar-refractivity contribution >= 4 is 17.9 Å². The average Bonchev–Trinajstić information content (AvgIpc) is 2.94. The van der Waals surface area contributed by atoms with Gasteiger partial charge in [-0.05, 0) is 100 Å². The molecule has 1 heterocycles. The Morgan fingerprint density at radius 1 is 1.08 bits per heavy atom. The monoisotopic (exact) mass is 519 g/mol.